The average Bonchev–Trinajstić information content (AvgIpc) is 3.41. The average molecular weight is 428 g/mol. The van der Waals surface area contributed by atoms with E-state index in [0.29, 0.717) is 11.7 Å². The maximum absolute atomic E-state index is 13.1. The first kappa shape index (κ1) is 21.3. The first-order valence-electron chi connectivity index (χ1n) is 10.4. The number of hydrogen-bond donors (Lipinski definition) is 1. The maximum Gasteiger partial charge on any atom is 0.290 e. The van der Waals surface area contributed by atoms with E-state index in [1.54, 1.807) is 30.6 Å². The minimum atomic E-state index is -0.710. The van der Waals surface area contributed by atoms with Crippen LogP contribution in [0, 0.1) is 0 Å². The summed E-state index contributed by atoms with van der Waals surface area (Å²) in [6, 6.07) is 14.2. The Labute approximate surface area is 186 Å². The van der Waals surface area contributed by atoms with Crippen molar-refractivity contribution in [1.29, 1.82) is 0 Å². The molecule has 0 saturated heterocycles. The number of furan rings is 1. The van der Waals surface area contributed by atoms with E-state index in [-0.39, 0.29) is 12.1 Å². The lowest BCUT2D eigenvalue weighted by Gasteiger charge is -2.27. The number of carbonyl (C=O) groups excluding carboxylic acids is 2. The maximum atomic E-state index is 13.1. The van der Waals surface area contributed by atoms with Crippen molar-refractivity contribution in [1.82, 2.24) is 9.88 Å². The van der Waals surface area contributed by atoms with E-state index in [4.69, 9.17) is 4.42 Å². The lowest BCUT2D eigenvalue weighted by molar-refractivity contribution is -0.130. The molecule has 1 unspecified atom stereocenters. The highest BCUT2D eigenvalue weighted by Gasteiger charge is 2.42. The van der Waals surface area contributed by atoms with Crippen LogP contribution in [-0.2, 0) is 16.1 Å². The fraction of sp³-hybridized carbons (Fsp3) is 0.192. The first-order chi connectivity index (χ1) is 15.5. The number of amides is 1. The van der Waals surface area contributed by atoms with Crippen molar-refractivity contribution in [3.63, 3.8) is 0 Å². The highest BCUT2D eigenvalue weighted by molar-refractivity contribution is 6.14. The van der Waals surface area contributed by atoms with Gasteiger partial charge in [0.1, 0.15) is 5.76 Å². The molecule has 0 radical (unpaired) electrons. The van der Waals surface area contributed by atoms with Crippen LogP contribution in [0.4, 0.5) is 0 Å². The highest BCUT2D eigenvalue weighted by Crippen LogP contribution is 2.39. The standard InChI is InChI=1S/C26H24N2O4/c1-17(2)19-7-9-20(10-8-19)24-23(22(29)12-11-21-6-4-14-32-21)25(30)26(31)28(24)16-18-5-3-13-27-15-18/h3-15,17,24,30H,16H2,1-2H3. The topological polar surface area (TPSA) is 83.6 Å². The lowest BCUT2D eigenvalue weighted by atomic mass is 9.93. The van der Waals surface area contributed by atoms with Gasteiger partial charge in [-0.2, -0.15) is 0 Å². The molecule has 6 nitrogen and oxygen atoms in total. The molecular weight excluding hydrogens is 404 g/mol. The Morgan fingerprint density at radius 1 is 1.19 bits per heavy atom. The van der Waals surface area contributed by atoms with Crippen molar-refractivity contribution in [2.75, 3.05) is 0 Å². The Balaban J connectivity index is 1.73. The SMILES string of the molecule is CC(C)c1ccc(C2C(C(=O)C=Cc3ccco3)=C(O)C(=O)N2Cc2cccnc2)cc1. The molecule has 0 saturated carbocycles. The molecule has 2 aromatic heterocycles. The van der Waals surface area contributed by atoms with Crippen LogP contribution in [0.25, 0.3) is 6.08 Å². The van der Waals surface area contributed by atoms with E-state index in [0.717, 1.165) is 16.7 Å². The number of carbonyl (C=O) groups is 2. The van der Waals surface area contributed by atoms with Gasteiger partial charge in [0.05, 0.1) is 17.9 Å². The van der Waals surface area contributed by atoms with Crippen molar-refractivity contribution in [2.45, 2.75) is 32.4 Å². The van der Waals surface area contributed by atoms with E-state index < -0.39 is 23.5 Å². The van der Waals surface area contributed by atoms with Gasteiger partial charge in [0.2, 0.25) is 0 Å². The summed E-state index contributed by atoms with van der Waals surface area (Å²) in [5.74, 6) is -0.698. The number of hydrogen-bond acceptors (Lipinski definition) is 5. The zero-order valence-corrected chi connectivity index (χ0v) is 17.9. The largest absolute Gasteiger partial charge is 0.503 e. The van der Waals surface area contributed by atoms with Gasteiger partial charge in [-0.05, 0) is 53.0 Å². The quantitative estimate of drug-likeness (QED) is 0.537. The number of aromatic nitrogens is 1. The predicted octanol–water partition coefficient (Wildman–Crippen LogP) is 4.98. The van der Waals surface area contributed by atoms with Gasteiger partial charge in [-0.25, -0.2) is 0 Å². The summed E-state index contributed by atoms with van der Waals surface area (Å²) in [6.45, 7) is 4.41. The monoisotopic (exact) mass is 428 g/mol. The molecule has 3 heterocycles. The number of allylic oxidation sites excluding steroid dienone is 1. The third kappa shape index (κ3) is 4.25. The minimum Gasteiger partial charge on any atom is -0.503 e. The van der Waals surface area contributed by atoms with Crippen LogP contribution in [0.1, 0.15) is 48.3 Å². The van der Waals surface area contributed by atoms with E-state index >= 15 is 0 Å². The third-order valence-corrected chi connectivity index (χ3v) is 5.51. The summed E-state index contributed by atoms with van der Waals surface area (Å²) in [6.07, 6.45) is 7.67. The number of nitrogens with zero attached hydrogens (tertiary/aromatic N) is 2. The molecule has 1 amide bonds. The van der Waals surface area contributed by atoms with Crippen LogP contribution in [0.5, 0.6) is 0 Å². The van der Waals surface area contributed by atoms with Crippen LogP contribution in [0.15, 0.2) is 89.0 Å². The number of aliphatic hydroxyl groups is 1. The van der Waals surface area contributed by atoms with Gasteiger partial charge in [-0.15, -0.1) is 0 Å². The Hall–Kier alpha value is -3.93. The molecular formula is C26H24N2O4. The smallest absolute Gasteiger partial charge is 0.290 e. The van der Waals surface area contributed by atoms with Gasteiger partial charge >= 0.3 is 0 Å². The Morgan fingerprint density at radius 2 is 1.97 bits per heavy atom. The summed E-state index contributed by atoms with van der Waals surface area (Å²) in [5.41, 5.74) is 2.76. The van der Waals surface area contributed by atoms with Gasteiger partial charge < -0.3 is 14.4 Å². The molecule has 4 rings (SSSR count). The molecule has 162 valence electrons. The lowest BCUT2D eigenvalue weighted by Crippen LogP contribution is -2.30. The number of rotatable bonds is 7. The Morgan fingerprint density at radius 3 is 2.59 bits per heavy atom. The third-order valence-electron chi connectivity index (χ3n) is 5.51. The first-order valence-corrected chi connectivity index (χ1v) is 10.4. The van der Waals surface area contributed by atoms with E-state index in [2.05, 4.69) is 18.8 Å². The molecule has 0 bridgehead atoms. The fourth-order valence-corrected chi connectivity index (χ4v) is 3.80. The van der Waals surface area contributed by atoms with Gasteiger partial charge in [0.25, 0.3) is 5.91 Å². The van der Waals surface area contributed by atoms with Crippen molar-refractivity contribution in [3.8, 4) is 0 Å². The summed E-state index contributed by atoms with van der Waals surface area (Å²) in [5, 5.41) is 10.7. The van der Waals surface area contributed by atoms with Gasteiger partial charge in [0.15, 0.2) is 11.5 Å². The number of benzene rings is 1. The van der Waals surface area contributed by atoms with Crippen LogP contribution in [-0.4, -0.2) is 26.7 Å². The number of ketones is 1. The predicted molar refractivity (Wildman–Crippen MR) is 120 cm³/mol. The molecule has 0 spiro atoms. The van der Waals surface area contributed by atoms with Crippen molar-refractivity contribution < 1.29 is 19.1 Å². The van der Waals surface area contributed by atoms with Crippen LogP contribution in [0.2, 0.25) is 0 Å². The van der Waals surface area contributed by atoms with E-state index in [1.807, 2.05) is 30.3 Å². The summed E-state index contributed by atoms with van der Waals surface area (Å²) >= 11 is 0. The van der Waals surface area contributed by atoms with Crippen molar-refractivity contribution in [3.05, 3.63) is 107 Å². The van der Waals surface area contributed by atoms with Crippen LogP contribution < -0.4 is 0 Å². The fourth-order valence-electron chi connectivity index (χ4n) is 3.80. The number of pyridine rings is 1. The molecule has 0 aliphatic carbocycles. The molecule has 6 heteroatoms. The second-order valence-electron chi connectivity index (χ2n) is 7.99. The van der Waals surface area contributed by atoms with Gasteiger partial charge in [-0.1, -0.05) is 44.2 Å². The van der Waals surface area contributed by atoms with Crippen molar-refractivity contribution >= 4 is 17.8 Å². The summed E-state index contributed by atoms with van der Waals surface area (Å²) in [7, 11) is 0. The normalized spacial score (nSPS) is 16.5. The summed E-state index contributed by atoms with van der Waals surface area (Å²) in [4.78, 5) is 31.7. The van der Waals surface area contributed by atoms with E-state index in [1.165, 1.54) is 23.3 Å². The van der Waals surface area contributed by atoms with Gasteiger partial charge in [-0.3, -0.25) is 14.6 Å². The Bertz CT molecular complexity index is 1160. The zero-order chi connectivity index (χ0) is 22.7. The molecule has 1 aliphatic rings. The van der Waals surface area contributed by atoms with Gasteiger partial charge in [0, 0.05) is 18.9 Å². The zero-order valence-electron chi connectivity index (χ0n) is 17.9. The van der Waals surface area contributed by atoms with E-state index in [9.17, 15) is 14.7 Å². The molecule has 1 aliphatic heterocycles. The Kier molecular flexibility index (Phi) is 6.03. The summed E-state index contributed by atoms with van der Waals surface area (Å²) < 4.78 is 5.24. The molecule has 32 heavy (non-hydrogen) atoms. The molecule has 1 atom stereocenters. The molecule has 1 N–H and O–H groups in total. The minimum absolute atomic E-state index is 0.0546. The second-order valence-corrected chi connectivity index (χ2v) is 7.99. The number of aliphatic hydroxyl groups excluding tert-OH is 1. The van der Waals surface area contributed by atoms with Crippen LogP contribution >= 0.6 is 0 Å². The highest BCUT2D eigenvalue weighted by atomic mass is 16.3. The van der Waals surface area contributed by atoms with Crippen molar-refractivity contribution in [2.24, 2.45) is 0 Å². The molecule has 3 aromatic rings. The molecule has 1 aromatic carbocycles. The molecule has 0 fully saturated rings. The second kappa shape index (κ2) is 9.06. The van der Waals surface area contributed by atoms with Crippen LogP contribution in [0.3, 0.4) is 0 Å².